The summed E-state index contributed by atoms with van der Waals surface area (Å²) in [6.45, 7) is 0.0463. The van der Waals surface area contributed by atoms with E-state index in [0.29, 0.717) is 10.6 Å². The number of rotatable bonds is 4. The van der Waals surface area contributed by atoms with Gasteiger partial charge in [-0.05, 0) is 22.0 Å². The second kappa shape index (κ2) is 5.06. The van der Waals surface area contributed by atoms with E-state index in [-0.39, 0.29) is 17.6 Å². The summed E-state index contributed by atoms with van der Waals surface area (Å²) in [5.74, 6) is 0.268. The quantitative estimate of drug-likeness (QED) is 0.746. The van der Waals surface area contributed by atoms with E-state index < -0.39 is 5.69 Å². The predicted molar refractivity (Wildman–Crippen MR) is 70.2 cm³/mol. The van der Waals surface area contributed by atoms with Gasteiger partial charge in [-0.2, -0.15) is 9.06 Å². The maximum Gasteiger partial charge on any atom is 0.369 e. The fraction of sp³-hybridized carbons (Fsp3) is 0.222. The molecule has 3 aromatic heterocycles. The Hall–Kier alpha value is -2.20. The van der Waals surface area contributed by atoms with Crippen LogP contribution in [0.4, 0.5) is 0 Å². The Kier molecular flexibility index (Phi) is 2.94. The molecule has 0 aromatic carbocycles. The highest BCUT2D eigenvalue weighted by Gasteiger charge is 2.18. The Bertz CT molecular complexity index is 837. The summed E-state index contributed by atoms with van der Waals surface area (Å²) in [5.41, 5.74) is 0.0933. The molecule has 0 aliphatic heterocycles. The molecule has 104 valence electrons. The molecule has 0 saturated carbocycles. The third kappa shape index (κ3) is 2.18. The van der Waals surface area contributed by atoms with Gasteiger partial charge < -0.3 is 4.74 Å². The molecule has 3 heterocycles. The number of halogens is 1. The molecule has 3 aromatic rings. The van der Waals surface area contributed by atoms with Crippen molar-refractivity contribution < 1.29 is 6.15 Å². The van der Waals surface area contributed by atoms with E-state index in [1.54, 1.807) is 0 Å². The minimum absolute atomic E-state index is 0.0463. The van der Waals surface area contributed by atoms with Crippen LogP contribution in [-0.4, -0.2) is 34.4 Å². The SMILES string of the molecule is [3H]n1ccc(OCc2c(Cl)nsc2-n2nnn(C)c2=O)n1. The van der Waals surface area contributed by atoms with Gasteiger partial charge in [0.05, 0.1) is 5.56 Å². The summed E-state index contributed by atoms with van der Waals surface area (Å²) in [6.07, 6.45) is 1.43. The first kappa shape index (κ1) is 11.6. The molecule has 0 amide bonds. The second-order valence-corrected chi connectivity index (χ2v) is 4.82. The van der Waals surface area contributed by atoms with Crippen LogP contribution in [0.3, 0.4) is 0 Å². The Balaban J connectivity index is 1.90. The lowest BCUT2D eigenvalue weighted by molar-refractivity contribution is 0.293. The maximum absolute atomic E-state index is 11.9. The van der Waals surface area contributed by atoms with Crippen LogP contribution < -0.4 is 10.4 Å². The van der Waals surface area contributed by atoms with Crippen molar-refractivity contribution in [2.75, 3.05) is 0 Å². The van der Waals surface area contributed by atoms with Gasteiger partial charge in [0.25, 0.3) is 0 Å². The van der Waals surface area contributed by atoms with Crippen molar-refractivity contribution in [2.45, 2.75) is 6.61 Å². The molecule has 11 heteroatoms. The molecule has 0 unspecified atom stereocenters. The molecule has 0 radical (unpaired) electrons. The Labute approximate surface area is 122 Å². The largest absolute Gasteiger partial charge is 0.472 e. The first-order valence-corrected chi connectivity index (χ1v) is 6.52. The van der Waals surface area contributed by atoms with Gasteiger partial charge in [-0.3, -0.25) is 5.09 Å². The van der Waals surface area contributed by atoms with Gasteiger partial charge in [0.2, 0.25) is 5.88 Å². The number of ether oxygens (including phenoxy) is 1. The van der Waals surface area contributed by atoms with Crippen LogP contribution in [0, 0.1) is 0 Å². The number of hydrogen-bond acceptors (Lipinski definition) is 7. The van der Waals surface area contributed by atoms with Crippen molar-refractivity contribution in [3.8, 4) is 10.9 Å². The van der Waals surface area contributed by atoms with Crippen molar-refractivity contribution in [3.63, 3.8) is 0 Å². The first-order chi connectivity index (χ1) is 10.1. The average molecular weight is 316 g/mol. The highest BCUT2D eigenvalue weighted by molar-refractivity contribution is 7.09. The molecule has 1 N–H and O–H groups in total. The summed E-state index contributed by atoms with van der Waals surface area (Å²) < 4.78 is 18.9. The lowest BCUT2D eigenvalue weighted by Crippen LogP contribution is -2.22. The number of tetrazole rings is 1. The Morgan fingerprint density at radius 3 is 3.10 bits per heavy atom. The van der Waals surface area contributed by atoms with Crippen LogP contribution in [0.5, 0.6) is 5.88 Å². The summed E-state index contributed by atoms with van der Waals surface area (Å²) in [5, 5.41) is 12.7. The van der Waals surface area contributed by atoms with Gasteiger partial charge in [0, 0.05) is 19.3 Å². The monoisotopic (exact) mass is 315 g/mol. The van der Waals surface area contributed by atoms with E-state index in [2.05, 4.69) is 19.9 Å². The van der Waals surface area contributed by atoms with Crippen molar-refractivity contribution in [2.24, 2.45) is 7.05 Å². The zero-order valence-corrected chi connectivity index (χ0v) is 11.7. The van der Waals surface area contributed by atoms with Crippen LogP contribution in [0.1, 0.15) is 5.56 Å². The van der Waals surface area contributed by atoms with Crippen molar-refractivity contribution in [1.82, 2.24) is 34.4 Å². The lowest BCUT2D eigenvalue weighted by Gasteiger charge is -2.03. The number of hydrogen-bond donors (Lipinski definition) is 1. The number of aromatic amines is 1. The number of H-pyrrole nitrogens is 1. The molecule has 0 atom stereocenters. The zero-order chi connectivity index (χ0) is 15.0. The maximum atomic E-state index is 11.9. The van der Waals surface area contributed by atoms with Gasteiger partial charge in [0.15, 0.2) is 11.6 Å². The van der Waals surface area contributed by atoms with Crippen LogP contribution in [0.2, 0.25) is 6.56 Å². The highest BCUT2D eigenvalue weighted by Crippen LogP contribution is 2.26. The van der Waals surface area contributed by atoms with Gasteiger partial charge in [-0.25, -0.2) is 4.79 Å². The van der Waals surface area contributed by atoms with Crippen molar-refractivity contribution in [3.05, 3.63) is 33.5 Å². The smallest absolute Gasteiger partial charge is 0.369 e. The van der Waals surface area contributed by atoms with Crippen LogP contribution >= 0.6 is 23.1 Å². The summed E-state index contributed by atoms with van der Waals surface area (Å²) in [6, 6.07) is 1.54. The van der Waals surface area contributed by atoms with E-state index in [4.69, 9.17) is 17.7 Å². The molecule has 3 rings (SSSR count). The van der Waals surface area contributed by atoms with Crippen molar-refractivity contribution in [1.29, 1.82) is 0 Å². The minimum Gasteiger partial charge on any atom is -0.472 e. The van der Waals surface area contributed by atoms with Crippen LogP contribution in [0.25, 0.3) is 5.00 Å². The average Bonchev–Trinajstić information content (AvgIpc) is 3.11. The number of aromatic nitrogens is 7. The molecule has 0 aliphatic carbocycles. The number of nitrogens with zero attached hydrogens (tertiary/aromatic N) is 6. The van der Waals surface area contributed by atoms with Crippen LogP contribution in [-0.2, 0) is 13.7 Å². The summed E-state index contributed by atoms with van der Waals surface area (Å²) >= 11 is 7.03. The van der Waals surface area contributed by atoms with Gasteiger partial charge in [-0.15, -0.1) is 9.78 Å². The molecule has 0 bridgehead atoms. The van der Waals surface area contributed by atoms with Crippen molar-refractivity contribution >= 4 is 23.1 Å². The molecular weight excluding hydrogens is 306 g/mol. The Morgan fingerprint density at radius 1 is 1.60 bits per heavy atom. The standard InChI is InChI=1S/C9H8ClN7O2S/c1-16-9(18)17(15-14-16)8-5(7(10)13-20-8)4-19-6-2-3-11-12-6/h2-3H,4H2,1H3,(H,11,12)/i/hT. The third-order valence-electron chi connectivity index (χ3n) is 2.44. The van der Waals surface area contributed by atoms with Gasteiger partial charge in [-0.1, -0.05) is 11.6 Å². The van der Waals surface area contributed by atoms with E-state index in [1.807, 2.05) is 0 Å². The van der Waals surface area contributed by atoms with E-state index >= 15 is 0 Å². The summed E-state index contributed by atoms with van der Waals surface area (Å²) in [7, 11) is 1.49. The van der Waals surface area contributed by atoms with E-state index in [9.17, 15) is 4.79 Å². The molecule has 0 aliphatic rings. The molecule has 0 spiro atoms. The fourth-order valence-corrected chi connectivity index (χ4v) is 2.49. The summed E-state index contributed by atoms with van der Waals surface area (Å²) in [4.78, 5) is 11.9. The minimum atomic E-state index is -0.410. The second-order valence-electron chi connectivity index (χ2n) is 3.71. The van der Waals surface area contributed by atoms with Gasteiger partial charge >= 0.3 is 5.69 Å². The molecule has 0 fully saturated rings. The highest BCUT2D eigenvalue weighted by atomic mass is 35.5. The van der Waals surface area contributed by atoms with Crippen LogP contribution in [0.15, 0.2) is 17.1 Å². The predicted octanol–water partition coefficient (Wildman–Crippen LogP) is 0.378. The van der Waals surface area contributed by atoms with E-state index in [1.165, 1.54) is 19.3 Å². The Morgan fingerprint density at radius 2 is 2.45 bits per heavy atom. The van der Waals surface area contributed by atoms with Gasteiger partial charge in [0.1, 0.15) is 6.61 Å². The zero-order valence-electron chi connectivity index (χ0n) is 11.1. The number of aryl methyl sites for hydroxylation is 1. The normalized spacial score (nSPS) is 11.6. The third-order valence-corrected chi connectivity index (χ3v) is 3.72. The molecular formula is C9H8ClN7O2S. The lowest BCUT2D eigenvalue weighted by atomic mass is 10.3. The molecule has 20 heavy (non-hydrogen) atoms. The van der Waals surface area contributed by atoms with E-state index in [0.717, 1.165) is 26.0 Å². The molecule has 9 nitrogen and oxygen atoms in total. The first-order valence-electron chi connectivity index (χ1n) is 5.82. The topological polar surface area (TPSA) is 104 Å². The fourth-order valence-electron chi connectivity index (χ4n) is 1.45. The molecule has 0 saturated heterocycles. The number of nitrogens with one attached hydrogen (secondary N) is 1.